The Kier molecular flexibility index (Phi) is 4.73. The number of nitrogens with zero attached hydrogens (tertiary/aromatic N) is 2. The number of thiophene rings is 1. The molecule has 0 amide bonds. The van der Waals surface area contributed by atoms with Crippen LogP contribution in [0.4, 0.5) is 4.39 Å². The summed E-state index contributed by atoms with van der Waals surface area (Å²) in [6.45, 7) is 3.63. The van der Waals surface area contributed by atoms with E-state index in [0.29, 0.717) is 12.2 Å². The van der Waals surface area contributed by atoms with E-state index in [2.05, 4.69) is 9.97 Å². The number of Topliss-reactive ketones (excluding diaryl/α,β-unsaturated/α-hetero) is 1. The first kappa shape index (κ1) is 16.1. The second kappa shape index (κ2) is 6.76. The molecule has 0 radical (unpaired) electrons. The molecular weight excluding hydrogens is 331 g/mol. The summed E-state index contributed by atoms with van der Waals surface area (Å²) < 4.78 is 13.2. The van der Waals surface area contributed by atoms with Gasteiger partial charge in [-0.1, -0.05) is 12.1 Å². The standard InChI is InChI=1S/C17H15FN2OS2/c1-10(21)7-8-22-16-15-14(12-3-5-13(18)6-4-12)11(2)23-17(15)20-9-19-16/h3-6,9H,7-8H2,1-2H3. The van der Waals surface area contributed by atoms with E-state index in [-0.39, 0.29) is 11.6 Å². The summed E-state index contributed by atoms with van der Waals surface area (Å²) in [6, 6.07) is 6.48. The van der Waals surface area contributed by atoms with Crippen molar-refractivity contribution in [2.75, 3.05) is 5.75 Å². The van der Waals surface area contributed by atoms with Crippen molar-refractivity contribution in [1.29, 1.82) is 0 Å². The molecule has 118 valence electrons. The van der Waals surface area contributed by atoms with Gasteiger partial charge < -0.3 is 0 Å². The molecule has 3 nitrogen and oxygen atoms in total. The number of hydrogen-bond acceptors (Lipinski definition) is 5. The van der Waals surface area contributed by atoms with Crippen LogP contribution >= 0.6 is 23.1 Å². The summed E-state index contributed by atoms with van der Waals surface area (Å²) in [4.78, 5) is 21.9. The van der Waals surface area contributed by atoms with Gasteiger partial charge in [0.1, 0.15) is 27.8 Å². The minimum absolute atomic E-state index is 0.169. The normalized spacial score (nSPS) is 11.1. The van der Waals surface area contributed by atoms with Crippen molar-refractivity contribution < 1.29 is 9.18 Å². The maximum absolute atomic E-state index is 13.2. The molecule has 0 aliphatic heterocycles. The first-order chi connectivity index (χ1) is 11.1. The predicted molar refractivity (Wildman–Crippen MR) is 93.6 cm³/mol. The fraction of sp³-hybridized carbons (Fsp3) is 0.235. The summed E-state index contributed by atoms with van der Waals surface area (Å²) in [7, 11) is 0. The summed E-state index contributed by atoms with van der Waals surface area (Å²) in [5.74, 6) is 0.612. The highest BCUT2D eigenvalue weighted by molar-refractivity contribution is 7.99. The van der Waals surface area contributed by atoms with Crippen molar-refractivity contribution in [1.82, 2.24) is 9.97 Å². The Morgan fingerprint density at radius 3 is 2.70 bits per heavy atom. The van der Waals surface area contributed by atoms with Crippen molar-refractivity contribution in [2.45, 2.75) is 25.3 Å². The van der Waals surface area contributed by atoms with Gasteiger partial charge in [-0.25, -0.2) is 14.4 Å². The van der Waals surface area contributed by atoms with Crippen molar-refractivity contribution in [3.63, 3.8) is 0 Å². The molecule has 0 atom stereocenters. The first-order valence-corrected chi connectivity index (χ1v) is 8.98. The van der Waals surface area contributed by atoms with E-state index < -0.39 is 0 Å². The SMILES string of the molecule is CC(=O)CCSc1ncnc2sc(C)c(-c3ccc(F)cc3)c12. The molecule has 0 unspecified atom stereocenters. The van der Waals surface area contributed by atoms with Crippen LogP contribution in [0.1, 0.15) is 18.2 Å². The van der Waals surface area contributed by atoms with Crippen molar-refractivity contribution in [2.24, 2.45) is 0 Å². The largest absolute Gasteiger partial charge is 0.300 e. The number of halogens is 1. The Hall–Kier alpha value is -1.79. The average Bonchev–Trinajstić information content (AvgIpc) is 2.85. The second-order valence-corrected chi connectivity index (χ2v) is 7.49. The first-order valence-electron chi connectivity index (χ1n) is 7.18. The third-order valence-corrected chi connectivity index (χ3v) is 5.46. The number of ketones is 1. The lowest BCUT2D eigenvalue weighted by molar-refractivity contribution is -0.116. The average molecular weight is 346 g/mol. The van der Waals surface area contributed by atoms with Crippen molar-refractivity contribution >= 4 is 39.1 Å². The van der Waals surface area contributed by atoms with Crippen molar-refractivity contribution in [3.8, 4) is 11.1 Å². The van der Waals surface area contributed by atoms with Crippen LogP contribution in [0, 0.1) is 12.7 Å². The Morgan fingerprint density at radius 2 is 2.00 bits per heavy atom. The van der Waals surface area contributed by atoms with E-state index in [1.807, 2.05) is 6.92 Å². The lowest BCUT2D eigenvalue weighted by Crippen LogP contribution is -1.93. The number of hydrogen-bond donors (Lipinski definition) is 0. The molecule has 2 heterocycles. The third-order valence-electron chi connectivity index (χ3n) is 3.46. The summed E-state index contributed by atoms with van der Waals surface area (Å²) >= 11 is 3.17. The molecular formula is C17H15FN2OS2. The van der Waals surface area contributed by atoms with Gasteiger partial charge in [0, 0.05) is 22.6 Å². The van der Waals surface area contributed by atoms with Gasteiger partial charge in [-0.05, 0) is 31.5 Å². The number of fused-ring (bicyclic) bond motifs is 1. The molecule has 2 aromatic heterocycles. The van der Waals surface area contributed by atoms with Gasteiger partial charge in [-0.2, -0.15) is 0 Å². The lowest BCUT2D eigenvalue weighted by atomic mass is 10.0. The van der Waals surface area contributed by atoms with E-state index >= 15 is 0 Å². The van der Waals surface area contributed by atoms with Crippen LogP contribution in [-0.2, 0) is 4.79 Å². The maximum atomic E-state index is 13.2. The van der Waals surface area contributed by atoms with E-state index in [1.165, 1.54) is 12.1 Å². The number of benzene rings is 1. The van der Waals surface area contributed by atoms with E-state index in [4.69, 9.17) is 0 Å². The molecule has 23 heavy (non-hydrogen) atoms. The Balaban J connectivity index is 2.08. The monoisotopic (exact) mass is 346 g/mol. The molecule has 0 saturated heterocycles. The number of aryl methyl sites for hydroxylation is 1. The highest BCUT2D eigenvalue weighted by atomic mass is 32.2. The van der Waals surface area contributed by atoms with Crippen LogP contribution < -0.4 is 0 Å². The highest BCUT2D eigenvalue weighted by Crippen LogP contribution is 2.41. The van der Waals surface area contributed by atoms with Gasteiger partial charge in [0.25, 0.3) is 0 Å². The zero-order valence-corrected chi connectivity index (χ0v) is 14.4. The quantitative estimate of drug-likeness (QED) is 0.488. The van der Waals surface area contributed by atoms with E-state index in [9.17, 15) is 9.18 Å². The number of thioether (sulfide) groups is 1. The van der Waals surface area contributed by atoms with Gasteiger partial charge in [0.2, 0.25) is 0 Å². The molecule has 0 fully saturated rings. The molecule has 0 aliphatic carbocycles. The van der Waals surface area contributed by atoms with Crippen LogP contribution in [0.15, 0.2) is 35.6 Å². The molecule has 0 saturated carbocycles. The van der Waals surface area contributed by atoms with Gasteiger partial charge in [-0.3, -0.25) is 4.79 Å². The molecule has 1 aromatic carbocycles. The van der Waals surface area contributed by atoms with Crippen LogP contribution in [0.5, 0.6) is 0 Å². The minimum Gasteiger partial charge on any atom is -0.300 e. The lowest BCUT2D eigenvalue weighted by Gasteiger charge is -2.06. The number of rotatable bonds is 5. The Labute approximate surface area is 142 Å². The molecule has 0 spiro atoms. The fourth-order valence-corrected chi connectivity index (χ4v) is 4.51. The Morgan fingerprint density at radius 1 is 1.26 bits per heavy atom. The molecule has 3 aromatic rings. The smallest absolute Gasteiger partial charge is 0.130 e. The molecule has 0 aliphatic rings. The van der Waals surface area contributed by atoms with Gasteiger partial charge in [-0.15, -0.1) is 23.1 Å². The van der Waals surface area contributed by atoms with Gasteiger partial charge in [0.15, 0.2) is 0 Å². The van der Waals surface area contributed by atoms with Gasteiger partial charge >= 0.3 is 0 Å². The third kappa shape index (κ3) is 3.43. The van der Waals surface area contributed by atoms with Crippen LogP contribution in [0.3, 0.4) is 0 Å². The van der Waals surface area contributed by atoms with E-state index in [1.54, 1.807) is 48.5 Å². The molecule has 3 rings (SSSR count). The summed E-state index contributed by atoms with van der Waals surface area (Å²) in [5, 5.41) is 1.87. The Bertz CT molecular complexity index is 859. The minimum atomic E-state index is -0.252. The number of carbonyl (C=O) groups excluding carboxylic acids is 1. The topological polar surface area (TPSA) is 42.9 Å². The summed E-state index contributed by atoms with van der Waals surface area (Å²) in [5.41, 5.74) is 2.01. The van der Waals surface area contributed by atoms with Crippen LogP contribution in [0.25, 0.3) is 21.3 Å². The molecule has 0 bridgehead atoms. The van der Waals surface area contributed by atoms with Crippen molar-refractivity contribution in [3.05, 3.63) is 41.3 Å². The van der Waals surface area contributed by atoms with Gasteiger partial charge in [0.05, 0.1) is 5.39 Å². The van der Waals surface area contributed by atoms with Crippen LogP contribution in [-0.4, -0.2) is 21.5 Å². The van der Waals surface area contributed by atoms with Crippen LogP contribution in [0.2, 0.25) is 0 Å². The highest BCUT2D eigenvalue weighted by Gasteiger charge is 2.17. The molecule has 0 N–H and O–H groups in total. The maximum Gasteiger partial charge on any atom is 0.130 e. The second-order valence-electron chi connectivity index (χ2n) is 5.20. The zero-order valence-electron chi connectivity index (χ0n) is 12.8. The zero-order chi connectivity index (χ0) is 16.4. The summed E-state index contributed by atoms with van der Waals surface area (Å²) in [6.07, 6.45) is 2.08. The number of carbonyl (C=O) groups is 1. The molecule has 6 heteroatoms. The predicted octanol–water partition coefficient (Wildman–Crippen LogP) is 4.88. The number of aromatic nitrogens is 2. The van der Waals surface area contributed by atoms with E-state index in [0.717, 1.165) is 31.2 Å². The fourth-order valence-electron chi connectivity index (χ4n) is 2.38.